The number of carbonyl (C=O) groups excluding carboxylic acids is 1. The topological polar surface area (TPSA) is 55.3 Å². The van der Waals surface area contributed by atoms with Gasteiger partial charge in [-0.1, -0.05) is 36.0 Å². The van der Waals surface area contributed by atoms with Gasteiger partial charge in [-0.05, 0) is 31.4 Å². The summed E-state index contributed by atoms with van der Waals surface area (Å²) >= 11 is 3.10. The second-order valence-corrected chi connectivity index (χ2v) is 8.60. The number of nitrogens with zero attached hydrogens (tertiary/aromatic N) is 3. The zero-order chi connectivity index (χ0) is 18.8. The van der Waals surface area contributed by atoms with Crippen LogP contribution < -0.4 is 0 Å². The van der Waals surface area contributed by atoms with Crippen molar-refractivity contribution in [2.75, 3.05) is 18.8 Å². The highest BCUT2D eigenvalue weighted by Gasteiger charge is 2.26. The molecule has 1 aromatic carbocycles. The van der Waals surface area contributed by atoms with Crippen molar-refractivity contribution >= 4 is 39.9 Å². The van der Waals surface area contributed by atoms with Gasteiger partial charge in [0.15, 0.2) is 5.82 Å². The molecule has 1 aliphatic heterocycles. The van der Waals surface area contributed by atoms with Gasteiger partial charge in [0.25, 0.3) is 0 Å². The number of fused-ring (bicyclic) bond motifs is 1. The van der Waals surface area contributed by atoms with Gasteiger partial charge < -0.3 is 9.64 Å². The number of amides is 1. The maximum absolute atomic E-state index is 12.7. The maximum Gasteiger partial charge on any atom is 0.233 e. The van der Waals surface area contributed by atoms with E-state index in [-0.39, 0.29) is 18.1 Å². The molecule has 0 spiro atoms. The van der Waals surface area contributed by atoms with E-state index in [9.17, 15) is 4.79 Å². The van der Waals surface area contributed by atoms with Crippen LogP contribution in [-0.2, 0) is 9.53 Å². The molecular formula is C20H21N3O2S2. The monoisotopic (exact) mass is 399 g/mol. The normalized spacial score (nSPS) is 20.1. The molecule has 1 aliphatic rings. The largest absolute Gasteiger partial charge is 0.372 e. The van der Waals surface area contributed by atoms with Crippen LogP contribution in [0.2, 0.25) is 0 Å². The van der Waals surface area contributed by atoms with Crippen LogP contribution in [0.3, 0.4) is 0 Å². The standard InChI is InChI=1S/C20H21N3O2S2/c1-13-10-23(11-14(2)25-13)18(24)12-27-20-15-6-3-4-7-16(15)21-19(22-20)17-8-5-9-26-17/h3-9,13-14H,10-12H2,1-2H3/t13-,14-/m0/s1. The molecule has 0 saturated carbocycles. The van der Waals surface area contributed by atoms with Crippen molar-refractivity contribution in [3.05, 3.63) is 41.8 Å². The minimum atomic E-state index is 0.0769. The number of morpholine rings is 1. The number of hydrogen-bond acceptors (Lipinski definition) is 6. The van der Waals surface area contributed by atoms with Crippen LogP contribution >= 0.6 is 23.1 Å². The Balaban J connectivity index is 1.57. The maximum atomic E-state index is 12.7. The Labute approximate surface area is 166 Å². The van der Waals surface area contributed by atoms with E-state index in [1.54, 1.807) is 11.3 Å². The molecule has 5 nitrogen and oxygen atoms in total. The molecule has 2 aromatic heterocycles. The summed E-state index contributed by atoms with van der Waals surface area (Å²) in [6, 6.07) is 12.0. The van der Waals surface area contributed by atoms with Crippen LogP contribution in [0, 0.1) is 0 Å². The van der Waals surface area contributed by atoms with Crippen molar-refractivity contribution in [3.8, 4) is 10.7 Å². The quantitative estimate of drug-likeness (QED) is 0.489. The number of para-hydroxylation sites is 1. The van der Waals surface area contributed by atoms with Gasteiger partial charge in [0.1, 0.15) is 5.03 Å². The van der Waals surface area contributed by atoms with Gasteiger partial charge in [-0.15, -0.1) is 11.3 Å². The number of thiophene rings is 1. The third kappa shape index (κ3) is 4.15. The highest BCUT2D eigenvalue weighted by molar-refractivity contribution is 8.00. The Morgan fingerprint density at radius 3 is 2.70 bits per heavy atom. The Hall–Kier alpha value is -1.96. The first-order valence-electron chi connectivity index (χ1n) is 8.97. The molecule has 0 unspecified atom stereocenters. The van der Waals surface area contributed by atoms with Gasteiger partial charge in [0.05, 0.1) is 28.4 Å². The summed E-state index contributed by atoms with van der Waals surface area (Å²) in [6.45, 7) is 5.31. The minimum Gasteiger partial charge on any atom is -0.372 e. The molecule has 0 aliphatic carbocycles. The number of ether oxygens (including phenoxy) is 1. The van der Waals surface area contributed by atoms with Crippen molar-refractivity contribution in [2.45, 2.75) is 31.1 Å². The Morgan fingerprint density at radius 2 is 1.96 bits per heavy atom. The second kappa shape index (κ2) is 7.96. The molecular weight excluding hydrogens is 378 g/mol. The summed E-state index contributed by atoms with van der Waals surface area (Å²) in [7, 11) is 0. The van der Waals surface area contributed by atoms with Crippen molar-refractivity contribution in [1.82, 2.24) is 14.9 Å². The first kappa shape index (κ1) is 18.4. The molecule has 0 bridgehead atoms. The molecule has 27 heavy (non-hydrogen) atoms. The molecule has 3 heterocycles. The lowest BCUT2D eigenvalue weighted by Gasteiger charge is -2.35. The van der Waals surface area contributed by atoms with Crippen LogP contribution in [0.4, 0.5) is 0 Å². The van der Waals surface area contributed by atoms with E-state index in [2.05, 4.69) is 4.98 Å². The average Bonchev–Trinajstić information content (AvgIpc) is 3.19. The fourth-order valence-electron chi connectivity index (χ4n) is 3.28. The molecule has 0 radical (unpaired) electrons. The summed E-state index contributed by atoms with van der Waals surface area (Å²) in [5.74, 6) is 1.21. The Bertz CT molecular complexity index is 936. The highest BCUT2D eigenvalue weighted by atomic mass is 32.2. The molecule has 4 rings (SSSR count). The van der Waals surface area contributed by atoms with E-state index in [4.69, 9.17) is 9.72 Å². The van der Waals surface area contributed by atoms with Crippen LogP contribution in [0.15, 0.2) is 46.8 Å². The van der Waals surface area contributed by atoms with E-state index in [1.807, 2.05) is 60.5 Å². The number of aromatic nitrogens is 2. The van der Waals surface area contributed by atoms with Gasteiger partial charge >= 0.3 is 0 Å². The third-order valence-electron chi connectivity index (χ3n) is 4.41. The summed E-state index contributed by atoms with van der Waals surface area (Å²) < 4.78 is 5.72. The number of hydrogen-bond donors (Lipinski definition) is 0. The second-order valence-electron chi connectivity index (χ2n) is 6.69. The molecule has 1 saturated heterocycles. The first-order valence-corrected chi connectivity index (χ1v) is 10.8. The van der Waals surface area contributed by atoms with Crippen molar-refractivity contribution in [1.29, 1.82) is 0 Å². The molecule has 7 heteroatoms. The minimum absolute atomic E-state index is 0.0769. The van der Waals surface area contributed by atoms with Crippen LogP contribution in [0.1, 0.15) is 13.8 Å². The van der Waals surface area contributed by atoms with Gasteiger partial charge in [0.2, 0.25) is 5.91 Å². The lowest BCUT2D eigenvalue weighted by Crippen LogP contribution is -2.48. The molecule has 140 valence electrons. The summed E-state index contributed by atoms with van der Waals surface area (Å²) in [5, 5.41) is 3.86. The predicted octanol–water partition coefficient (Wildman–Crippen LogP) is 4.09. The van der Waals surface area contributed by atoms with Gasteiger partial charge in [-0.2, -0.15) is 0 Å². The van der Waals surface area contributed by atoms with Crippen LogP contribution in [0.25, 0.3) is 21.6 Å². The molecule has 1 amide bonds. The molecule has 1 fully saturated rings. The summed E-state index contributed by atoms with van der Waals surface area (Å²) in [6.07, 6.45) is 0.154. The van der Waals surface area contributed by atoms with E-state index >= 15 is 0 Å². The number of benzene rings is 1. The van der Waals surface area contributed by atoms with Crippen LogP contribution in [0.5, 0.6) is 0 Å². The van der Waals surface area contributed by atoms with Gasteiger partial charge in [0, 0.05) is 18.5 Å². The molecule has 3 aromatic rings. The zero-order valence-electron chi connectivity index (χ0n) is 15.3. The van der Waals surface area contributed by atoms with Crippen molar-refractivity contribution in [2.24, 2.45) is 0 Å². The average molecular weight is 400 g/mol. The Kier molecular flexibility index (Phi) is 5.43. The SMILES string of the molecule is C[C@H]1CN(C(=O)CSc2nc(-c3cccs3)nc3ccccc23)C[C@H](C)O1. The van der Waals surface area contributed by atoms with E-state index < -0.39 is 0 Å². The lowest BCUT2D eigenvalue weighted by molar-refractivity contribution is -0.140. The number of carbonyl (C=O) groups is 1. The van der Waals surface area contributed by atoms with E-state index in [0.717, 1.165) is 20.8 Å². The summed E-state index contributed by atoms with van der Waals surface area (Å²) in [4.78, 5) is 25.1. The molecule has 0 N–H and O–H groups in total. The van der Waals surface area contributed by atoms with Gasteiger partial charge in [-0.25, -0.2) is 9.97 Å². The van der Waals surface area contributed by atoms with E-state index in [0.29, 0.717) is 24.7 Å². The highest BCUT2D eigenvalue weighted by Crippen LogP contribution is 2.30. The predicted molar refractivity (Wildman–Crippen MR) is 110 cm³/mol. The fourth-order valence-corrected chi connectivity index (χ4v) is 4.86. The molecule has 2 atom stereocenters. The van der Waals surface area contributed by atoms with Crippen molar-refractivity contribution in [3.63, 3.8) is 0 Å². The zero-order valence-corrected chi connectivity index (χ0v) is 16.9. The van der Waals surface area contributed by atoms with Crippen molar-refractivity contribution < 1.29 is 9.53 Å². The smallest absolute Gasteiger partial charge is 0.233 e. The van der Waals surface area contributed by atoms with Crippen LogP contribution in [-0.4, -0.2) is 51.8 Å². The fraction of sp³-hybridized carbons (Fsp3) is 0.350. The Morgan fingerprint density at radius 1 is 1.19 bits per heavy atom. The lowest BCUT2D eigenvalue weighted by atomic mass is 10.2. The van der Waals surface area contributed by atoms with Gasteiger partial charge in [-0.3, -0.25) is 4.79 Å². The number of thioether (sulfide) groups is 1. The van der Waals surface area contributed by atoms with E-state index in [1.165, 1.54) is 11.8 Å². The summed E-state index contributed by atoms with van der Waals surface area (Å²) in [5.41, 5.74) is 0.902. The third-order valence-corrected chi connectivity index (χ3v) is 6.26. The number of rotatable bonds is 4. The first-order chi connectivity index (χ1) is 13.1.